The van der Waals surface area contributed by atoms with Crippen LogP contribution in [0.15, 0.2) is 47.3 Å². The van der Waals surface area contributed by atoms with Gasteiger partial charge >= 0.3 is 5.69 Å². The Morgan fingerprint density at radius 2 is 1.97 bits per heavy atom. The average molecular weight is 397 g/mol. The summed E-state index contributed by atoms with van der Waals surface area (Å²) < 4.78 is 15.3. The van der Waals surface area contributed by atoms with Crippen LogP contribution in [0.3, 0.4) is 0 Å². The van der Waals surface area contributed by atoms with Crippen molar-refractivity contribution >= 4 is 16.9 Å². The molecular weight excluding hydrogens is 369 g/mol. The van der Waals surface area contributed by atoms with Crippen molar-refractivity contribution < 1.29 is 9.18 Å². The maximum Gasteiger partial charge on any atom is 0.326 e. The first-order chi connectivity index (χ1) is 13.9. The van der Waals surface area contributed by atoms with Gasteiger partial charge < -0.3 is 10.3 Å². The molecule has 2 aromatic carbocycles. The standard InChI is InChI=1S/C23H28FN3O2/c1-15(2)18(17-9-10-19(24)16(3)13-17)14-22(28)25-11-6-12-27-21-8-5-4-7-20(21)26-23(27)29/h4-5,7-10,13,15,18H,6,11-12,14H2,1-3H3,(H,25,28)(H,26,29). The minimum Gasteiger partial charge on any atom is -0.356 e. The van der Waals surface area contributed by atoms with Crippen LogP contribution in [0.5, 0.6) is 0 Å². The summed E-state index contributed by atoms with van der Waals surface area (Å²) in [5.41, 5.74) is 3.13. The van der Waals surface area contributed by atoms with Crippen molar-refractivity contribution in [1.82, 2.24) is 14.9 Å². The summed E-state index contributed by atoms with van der Waals surface area (Å²) >= 11 is 0. The molecule has 1 atom stereocenters. The third kappa shape index (κ3) is 4.94. The number of para-hydroxylation sites is 2. The number of hydrogen-bond donors (Lipinski definition) is 2. The van der Waals surface area contributed by atoms with E-state index in [0.29, 0.717) is 31.5 Å². The Morgan fingerprint density at radius 3 is 2.69 bits per heavy atom. The highest BCUT2D eigenvalue weighted by atomic mass is 19.1. The zero-order valence-electron chi connectivity index (χ0n) is 17.2. The van der Waals surface area contributed by atoms with Crippen LogP contribution in [0, 0.1) is 18.7 Å². The molecular formula is C23H28FN3O2. The lowest BCUT2D eigenvalue weighted by Crippen LogP contribution is -2.28. The van der Waals surface area contributed by atoms with Crippen LogP contribution < -0.4 is 11.0 Å². The number of fused-ring (bicyclic) bond motifs is 1. The van der Waals surface area contributed by atoms with Gasteiger partial charge in [0.15, 0.2) is 0 Å². The Bertz CT molecular complexity index is 1050. The van der Waals surface area contributed by atoms with Crippen LogP contribution in [0.2, 0.25) is 0 Å². The van der Waals surface area contributed by atoms with Gasteiger partial charge in [0, 0.05) is 19.5 Å². The molecule has 0 aliphatic heterocycles. The number of aromatic nitrogens is 2. The number of rotatable bonds is 8. The van der Waals surface area contributed by atoms with Gasteiger partial charge in [-0.05, 0) is 54.5 Å². The Kier molecular flexibility index (Phi) is 6.52. The van der Waals surface area contributed by atoms with Gasteiger partial charge in [-0.25, -0.2) is 9.18 Å². The molecule has 0 saturated heterocycles. The minimum absolute atomic E-state index is 0.0306. The Balaban J connectivity index is 1.55. The normalized spacial score (nSPS) is 12.4. The van der Waals surface area contributed by atoms with Crippen LogP contribution >= 0.6 is 0 Å². The number of carbonyl (C=O) groups is 1. The second-order valence-electron chi connectivity index (χ2n) is 7.87. The first-order valence-corrected chi connectivity index (χ1v) is 10.1. The summed E-state index contributed by atoms with van der Waals surface area (Å²) in [4.78, 5) is 27.4. The largest absolute Gasteiger partial charge is 0.356 e. The summed E-state index contributed by atoms with van der Waals surface area (Å²) in [7, 11) is 0. The lowest BCUT2D eigenvalue weighted by molar-refractivity contribution is -0.121. The molecule has 1 heterocycles. The van der Waals surface area contributed by atoms with Crippen molar-refractivity contribution in [2.24, 2.45) is 5.92 Å². The lowest BCUT2D eigenvalue weighted by atomic mass is 9.85. The number of benzene rings is 2. The zero-order chi connectivity index (χ0) is 21.0. The van der Waals surface area contributed by atoms with Gasteiger partial charge in [0.1, 0.15) is 5.82 Å². The van der Waals surface area contributed by atoms with Crippen molar-refractivity contribution in [3.05, 3.63) is 69.9 Å². The minimum atomic E-state index is -0.228. The first kappa shape index (κ1) is 20.8. The Hall–Kier alpha value is -2.89. The van der Waals surface area contributed by atoms with Crippen LogP contribution in [0.1, 0.15) is 43.7 Å². The van der Waals surface area contributed by atoms with E-state index in [1.54, 1.807) is 17.6 Å². The number of aromatic amines is 1. The molecule has 0 aliphatic carbocycles. The van der Waals surface area contributed by atoms with Crippen molar-refractivity contribution in [2.45, 2.75) is 46.1 Å². The van der Waals surface area contributed by atoms with Gasteiger partial charge in [0.2, 0.25) is 5.91 Å². The van der Waals surface area contributed by atoms with Gasteiger partial charge in [-0.1, -0.05) is 38.1 Å². The second kappa shape index (κ2) is 9.07. The van der Waals surface area contributed by atoms with Crippen molar-refractivity contribution in [2.75, 3.05) is 6.54 Å². The highest BCUT2D eigenvalue weighted by molar-refractivity contribution is 5.77. The van der Waals surface area contributed by atoms with Gasteiger partial charge in [-0.3, -0.25) is 9.36 Å². The average Bonchev–Trinajstić information content (AvgIpc) is 3.00. The van der Waals surface area contributed by atoms with Crippen LogP contribution in [0.4, 0.5) is 4.39 Å². The molecule has 1 amide bonds. The van der Waals surface area contributed by atoms with Crippen LogP contribution in [-0.4, -0.2) is 22.0 Å². The number of H-pyrrole nitrogens is 1. The maximum absolute atomic E-state index is 13.6. The van der Waals surface area contributed by atoms with E-state index >= 15 is 0 Å². The third-order valence-electron chi connectivity index (χ3n) is 5.38. The smallest absolute Gasteiger partial charge is 0.326 e. The Labute approximate surface area is 169 Å². The van der Waals surface area contributed by atoms with E-state index in [-0.39, 0.29) is 29.2 Å². The molecule has 1 aromatic heterocycles. The fraction of sp³-hybridized carbons (Fsp3) is 0.391. The predicted octanol–water partition coefficient (Wildman–Crippen LogP) is 4.11. The molecule has 0 fully saturated rings. The molecule has 0 saturated carbocycles. The monoisotopic (exact) mass is 397 g/mol. The van der Waals surface area contributed by atoms with Crippen LogP contribution in [0.25, 0.3) is 11.0 Å². The summed E-state index contributed by atoms with van der Waals surface area (Å²) in [5, 5.41) is 2.96. The van der Waals surface area contributed by atoms with Gasteiger partial charge in [0.25, 0.3) is 0 Å². The molecule has 3 rings (SSSR count). The van der Waals surface area contributed by atoms with E-state index in [9.17, 15) is 14.0 Å². The molecule has 154 valence electrons. The highest BCUT2D eigenvalue weighted by Crippen LogP contribution is 2.29. The zero-order valence-corrected chi connectivity index (χ0v) is 17.2. The topological polar surface area (TPSA) is 66.9 Å². The number of imidazole rings is 1. The van der Waals surface area contributed by atoms with Crippen LogP contribution in [-0.2, 0) is 11.3 Å². The van der Waals surface area contributed by atoms with Gasteiger partial charge in [-0.15, -0.1) is 0 Å². The molecule has 1 unspecified atom stereocenters. The molecule has 0 bridgehead atoms. The van der Waals surface area contributed by atoms with E-state index < -0.39 is 0 Å². The third-order valence-corrected chi connectivity index (χ3v) is 5.38. The van der Waals surface area contributed by atoms with Gasteiger partial charge in [-0.2, -0.15) is 0 Å². The SMILES string of the molecule is Cc1cc(C(CC(=O)NCCCn2c(=O)[nH]c3ccccc32)C(C)C)ccc1F. The molecule has 2 N–H and O–H groups in total. The number of nitrogens with zero attached hydrogens (tertiary/aromatic N) is 1. The number of nitrogens with one attached hydrogen (secondary N) is 2. The summed E-state index contributed by atoms with van der Waals surface area (Å²) in [5.74, 6) is 0.0335. The number of aryl methyl sites for hydroxylation is 2. The molecule has 6 heteroatoms. The van der Waals surface area contributed by atoms with E-state index in [4.69, 9.17) is 0 Å². The Morgan fingerprint density at radius 1 is 1.21 bits per heavy atom. The molecule has 0 aliphatic rings. The molecule has 3 aromatic rings. The predicted molar refractivity (Wildman–Crippen MR) is 114 cm³/mol. The number of amides is 1. The quantitative estimate of drug-likeness (QED) is 0.562. The fourth-order valence-corrected chi connectivity index (χ4v) is 3.70. The molecule has 29 heavy (non-hydrogen) atoms. The van der Waals surface area contributed by atoms with E-state index in [2.05, 4.69) is 24.1 Å². The van der Waals surface area contributed by atoms with E-state index in [1.165, 1.54) is 6.07 Å². The summed E-state index contributed by atoms with van der Waals surface area (Å²) in [6.45, 7) is 6.91. The maximum atomic E-state index is 13.6. The van der Waals surface area contributed by atoms with E-state index in [1.807, 2.05) is 30.3 Å². The number of hydrogen-bond acceptors (Lipinski definition) is 2. The highest BCUT2D eigenvalue weighted by Gasteiger charge is 2.20. The first-order valence-electron chi connectivity index (χ1n) is 10.1. The molecule has 0 radical (unpaired) electrons. The van der Waals surface area contributed by atoms with Crippen molar-refractivity contribution in [3.8, 4) is 0 Å². The van der Waals surface area contributed by atoms with E-state index in [0.717, 1.165) is 16.6 Å². The molecule has 0 spiro atoms. The van der Waals surface area contributed by atoms with Crippen molar-refractivity contribution in [3.63, 3.8) is 0 Å². The molecule has 5 nitrogen and oxygen atoms in total. The fourth-order valence-electron chi connectivity index (χ4n) is 3.70. The second-order valence-corrected chi connectivity index (χ2v) is 7.87. The summed E-state index contributed by atoms with van der Waals surface area (Å²) in [6, 6.07) is 12.6. The number of halogens is 1. The summed E-state index contributed by atoms with van der Waals surface area (Å²) in [6.07, 6.45) is 1.02. The lowest BCUT2D eigenvalue weighted by Gasteiger charge is -2.21. The van der Waals surface area contributed by atoms with Crippen molar-refractivity contribution in [1.29, 1.82) is 0 Å². The van der Waals surface area contributed by atoms with Gasteiger partial charge in [0.05, 0.1) is 11.0 Å². The number of carbonyl (C=O) groups excluding carboxylic acids is 1.